The highest BCUT2D eigenvalue weighted by molar-refractivity contribution is 6.01. The van der Waals surface area contributed by atoms with E-state index >= 15 is 0 Å². The Morgan fingerprint density at radius 1 is 1.02 bits per heavy atom. The van der Waals surface area contributed by atoms with Crippen molar-refractivity contribution in [3.8, 4) is 11.5 Å². The Morgan fingerprint density at radius 3 is 2.44 bits per heavy atom. The smallest absolute Gasteiger partial charge is 0.337 e. The summed E-state index contributed by atoms with van der Waals surface area (Å²) >= 11 is 0. The standard InChI is InChI=1S/C31H36N4O8/c1-20-25(27(36)40-2)26(21-10-11-23-24(18-21)43-19-42-23)35(30(39)33-20)29(38)32-14-7-15-34-16-12-31(13-17-34,28(37)41-3)22-8-5-4-6-9-22/h4-6,8-11,18,26H,7,12-17,19H2,1-3H3,(H,32,38)(H,33,39). The van der Waals surface area contributed by atoms with Gasteiger partial charge in [0.25, 0.3) is 0 Å². The van der Waals surface area contributed by atoms with Crippen LogP contribution in [-0.4, -0.2) is 81.0 Å². The van der Waals surface area contributed by atoms with Gasteiger partial charge in [-0.3, -0.25) is 4.79 Å². The third kappa shape index (κ3) is 5.87. The molecule has 3 heterocycles. The first-order valence-electron chi connectivity index (χ1n) is 14.2. The first-order valence-corrected chi connectivity index (χ1v) is 14.2. The average Bonchev–Trinajstić information content (AvgIpc) is 3.51. The van der Waals surface area contributed by atoms with E-state index in [9.17, 15) is 19.2 Å². The number of carbonyl (C=O) groups is 4. The highest BCUT2D eigenvalue weighted by Crippen LogP contribution is 2.40. The van der Waals surface area contributed by atoms with Gasteiger partial charge < -0.3 is 34.5 Å². The summed E-state index contributed by atoms with van der Waals surface area (Å²) in [4.78, 5) is 55.5. The lowest BCUT2D eigenvalue weighted by Gasteiger charge is -2.40. The second-order valence-electron chi connectivity index (χ2n) is 10.7. The molecule has 2 N–H and O–H groups in total. The van der Waals surface area contributed by atoms with Crippen LogP contribution in [0.2, 0.25) is 0 Å². The molecular formula is C31H36N4O8. The van der Waals surface area contributed by atoms with E-state index in [0.29, 0.717) is 68.2 Å². The second kappa shape index (κ2) is 12.7. The van der Waals surface area contributed by atoms with Crippen molar-refractivity contribution in [2.24, 2.45) is 0 Å². The molecule has 0 saturated carbocycles. The molecule has 0 aromatic heterocycles. The molecule has 12 heteroatoms. The minimum Gasteiger partial charge on any atom is -0.468 e. The van der Waals surface area contributed by atoms with Crippen molar-refractivity contribution in [3.63, 3.8) is 0 Å². The van der Waals surface area contributed by atoms with Crippen LogP contribution in [-0.2, 0) is 24.5 Å². The van der Waals surface area contributed by atoms with Crippen molar-refractivity contribution in [1.29, 1.82) is 0 Å². The summed E-state index contributed by atoms with van der Waals surface area (Å²) in [5, 5.41) is 5.44. The number of carbonyl (C=O) groups excluding carboxylic acids is 4. The maximum atomic E-state index is 13.4. The van der Waals surface area contributed by atoms with E-state index in [1.807, 2.05) is 30.3 Å². The molecule has 0 bridgehead atoms. The van der Waals surface area contributed by atoms with Gasteiger partial charge in [0.1, 0.15) is 6.04 Å². The van der Waals surface area contributed by atoms with E-state index in [2.05, 4.69) is 15.5 Å². The normalized spacial score (nSPS) is 19.5. The molecule has 0 aliphatic carbocycles. The minimum atomic E-state index is -1.04. The van der Waals surface area contributed by atoms with Crippen molar-refractivity contribution in [2.45, 2.75) is 37.6 Å². The van der Waals surface area contributed by atoms with Crippen LogP contribution in [0, 0.1) is 0 Å². The third-order valence-electron chi connectivity index (χ3n) is 8.32. The lowest BCUT2D eigenvalue weighted by atomic mass is 9.72. The molecule has 4 amide bonds. The molecule has 1 saturated heterocycles. The van der Waals surface area contributed by atoms with Gasteiger partial charge in [-0.1, -0.05) is 36.4 Å². The van der Waals surface area contributed by atoms with Gasteiger partial charge in [-0.05, 0) is 69.1 Å². The number of hydrogen-bond donors (Lipinski definition) is 2. The highest BCUT2D eigenvalue weighted by Gasteiger charge is 2.44. The fourth-order valence-corrected chi connectivity index (χ4v) is 6.03. The van der Waals surface area contributed by atoms with Crippen molar-refractivity contribution in [2.75, 3.05) is 47.2 Å². The van der Waals surface area contributed by atoms with Gasteiger partial charge in [0.15, 0.2) is 11.5 Å². The number of piperidine rings is 1. The zero-order chi connectivity index (χ0) is 30.6. The van der Waals surface area contributed by atoms with Crippen LogP contribution in [0.1, 0.15) is 43.4 Å². The number of likely N-dealkylation sites (tertiary alicyclic amines) is 1. The van der Waals surface area contributed by atoms with E-state index in [0.717, 1.165) is 10.5 Å². The van der Waals surface area contributed by atoms with Crippen molar-refractivity contribution < 1.29 is 38.1 Å². The molecule has 1 unspecified atom stereocenters. The van der Waals surface area contributed by atoms with Gasteiger partial charge >= 0.3 is 24.0 Å². The predicted molar refractivity (Wildman–Crippen MR) is 154 cm³/mol. The molecule has 2 aromatic rings. The third-order valence-corrected chi connectivity index (χ3v) is 8.32. The van der Waals surface area contributed by atoms with Gasteiger partial charge in [-0.2, -0.15) is 0 Å². The maximum Gasteiger partial charge on any atom is 0.337 e. The second-order valence-corrected chi connectivity index (χ2v) is 10.7. The van der Waals surface area contributed by atoms with Crippen LogP contribution < -0.4 is 20.1 Å². The monoisotopic (exact) mass is 592 g/mol. The molecule has 2 aromatic carbocycles. The molecule has 43 heavy (non-hydrogen) atoms. The molecule has 3 aliphatic heterocycles. The van der Waals surface area contributed by atoms with E-state index < -0.39 is 29.5 Å². The maximum absolute atomic E-state index is 13.4. The Balaban J connectivity index is 1.23. The Bertz CT molecular complexity index is 1420. The summed E-state index contributed by atoms with van der Waals surface area (Å²) in [5.41, 5.74) is 1.22. The summed E-state index contributed by atoms with van der Waals surface area (Å²) in [6, 6.07) is 12.4. The zero-order valence-corrected chi connectivity index (χ0v) is 24.5. The Labute approximate surface area is 249 Å². The molecule has 1 fully saturated rings. The minimum absolute atomic E-state index is 0.0554. The van der Waals surface area contributed by atoms with Crippen LogP contribution in [0.5, 0.6) is 11.5 Å². The van der Waals surface area contributed by atoms with Crippen molar-refractivity contribution in [3.05, 3.63) is 70.9 Å². The van der Waals surface area contributed by atoms with Crippen molar-refractivity contribution >= 4 is 24.0 Å². The van der Waals surface area contributed by atoms with E-state index in [4.69, 9.17) is 18.9 Å². The molecule has 12 nitrogen and oxygen atoms in total. The van der Waals surface area contributed by atoms with Crippen LogP contribution in [0.3, 0.4) is 0 Å². The summed E-state index contributed by atoms with van der Waals surface area (Å²) in [6.07, 6.45) is 1.87. The molecule has 228 valence electrons. The predicted octanol–water partition coefficient (Wildman–Crippen LogP) is 3.24. The summed E-state index contributed by atoms with van der Waals surface area (Å²) < 4.78 is 21.1. The zero-order valence-electron chi connectivity index (χ0n) is 24.5. The quantitative estimate of drug-likeness (QED) is 0.350. The number of hydrogen-bond acceptors (Lipinski definition) is 9. The van der Waals surface area contributed by atoms with Crippen molar-refractivity contribution in [1.82, 2.24) is 20.4 Å². The van der Waals surface area contributed by atoms with Crippen LogP contribution >= 0.6 is 0 Å². The number of fused-ring (bicyclic) bond motifs is 1. The highest BCUT2D eigenvalue weighted by atomic mass is 16.7. The molecule has 3 aliphatic rings. The Kier molecular flexibility index (Phi) is 8.86. The number of benzene rings is 2. The van der Waals surface area contributed by atoms with Gasteiger partial charge in [0.05, 0.1) is 25.2 Å². The van der Waals surface area contributed by atoms with Gasteiger partial charge in [0.2, 0.25) is 6.79 Å². The molecule has 0 spiro atoms. The lowest BCUT2D eigenvalue weighted by molar-refractivity contribution is -0.149. The van der Waals surface area contributed by atoms with Crippen LogP contribution in [0.4, 0.5) is 9.59 Å². The van der Waals surface area contributed by atoms with Crippen LogP contribution in [0.25, 0.3) is 0 Å². The van der Waals surface area contributed by atoms with Gasteiger partial charge in [0, 0.05) is 12.2 Å². The largest absolute Gasteiger partial charge is 0.468 e. The average molecular weight is 593 g/mol. The number of methoxy groups -OCH3 is 2. The number of rotatable bonds is 8. The molecule has 1 atom stereocenters. The first kappa shape index (κ1) is 29.9. The number of ether oxygens (including phenoxy) is 4. The van der Waals surface area contributed by atoms with E-state index in [-0.39, 0.29) is 18.3 Å². The first-order chi connectivity index (χ1) is 20.8. The number of esters is 2. The molecule has 0 radical (unpaired) electrons. The van der Waals surface area contributed by atoms with E-state index in [1.165, 1.54) is 14.2 Å². The number of nitrogens with zero attached hydrogens (tertiary/aromatic N) is 2. The Hall–Kier alpha value is -4.58. The Morgan fingerprint density at radius 2 is 1.74 bits per heavy atom. The van der Waals surface area contributed by atoms with Gasteiger partial charge in [-0.15, -0.1) is 0 Å². The number of imide groups is 1. The summed E-state index contributed by atoms with van der Waals surface area (Å²) in [7, 11) is 2.67. The number of urea groups is 2. The topological polar surface area (TPSA) is 136 Å². The SMILES string of the molecule is COC(=O)C1=C(C)NC(=O)N(C(=O)NCCCN2CCC(C(=O)OC)(c3ccccc3)CC2)C1c1ccc2c(c1)OCO2. The summed E-state index contributed by atoms with van der Waals surface area (Å²) in [6.45, 7) is 4.03. The molecule has 5 rings (SSSR count). The van der Waals surface area contributed by atoms with Crippen LogP contribution in [0.15, 0.2) is 59.8 Å². The number of allylic oxidation sites excluding steroid dienone is 1. The fourth-order valence-electron chi connectivity index (χ4n) is 6.03. The van der Waals surface area contributed by atoms with Gasteiger partial charge in [-0.25, -0.2) is 19.3 Å². The lowest BCUT2D eigenvalue weighted by Crippen LogP contribution is -2.54. The number of nitrogens with one attached hydrogen (secondary N) is 2. The molecular weight excluding hydrogens is 556 g/mol. The summed E-state index contributed by atoms with van der Waals surface area (Å²) in [5.74, 6) is 0.0982. The number of amides is 4. The fraction of sp³-hybridized carbons (Fsp3) is 0.419. The van der Waals surface area contributed by atoms with E-state index in [1.54, 1.807) is 25.1 Å².